The Morgan fingerprint density at radius 1 is 1.16 bits per heavy atom. The number of benzene rings is 2. The maximum atomic E-state index is 12.2. The number of hydrogen-bond donors (Lipinski definition) is 1. The molecule has 2 aromatic rings. The van der Waals surface area contributed by atoms with Crippen molar-refractivity contribution in [2.75, 3.05) is 0 Å². The average molecular weight is 251 g/mol. The molecule has 2 nitrogen and oxygen atoms in total. The van der Waals surface area contributed by atoms with Gasteiger partial charge in [-0.05, 0) is 43.0 Å². The van der Waals surface area contributed by atoms with E-state index < -0.39 is 0 Å². The molecule has 1 aliphatic carbocycles. The minimum Gasteiger partial charge on any atom is -0.345 e. The van der Waals surface area contributed by atoms with Crippen LogP contribution in [0.25, 0.3) is 0 Å². The van der Waals surface area contributed by atoms with Gasteiger partial charge < -0.3 is 5.32 Å². The van der Waals surface area contributed by atoms with Crippen molar-refractivity contribution in [2.45, 2.75) is 25.8 Å². The Bertz CT molecular complexity index is 604. The summed E-state index contributed by atoms with van der Waals surface area (Å²) in [5.74, 6) is 0.0138. The minimum absolute atomic E-state index is 0.0138. The number of fused-ring (bicyclic) bond motifs is 1. The smallest absolute Gasteiger partial charge is 0.251 e. The normalized spacial score (nSPS) is 17.0. The molecule has 0 radical (unpaired) electrons. The van der Waals surface area contributed by atoms with Crippen molar-refractivity contribution in [2.24, 2.45) is 0 Å². The predicted molar refractivity (Wildman–Crippen MR) is 76.1 cm³/mol. The van der Waals surface area contributed by atoms with Gasteiger partial charge in [-0.15, -0.1) is 0 Å². The van der Waals surface area contributed by atoms with Crippen LogP contribution in [-0.4, -0.2) is 5.91 Å². The van der Waals surface area contributed by atoms with Crippen LogP contribution in [0.5, 0.6) is 0 Å². The van der Waals surface area contributed by atoms with Gasteiger partial charge in [-0.2, -0.15) is 0 Å². The van der Waals surface area contributed by atoms with Gasteiger partial charge in [-0.25, -0.2) is 0 Å². The molecule has 0 fully saturated rings. The van der Waals surface area contributed by atoms with Crippen molar-refractivity contribution in [1.82, 2.24) is 5.32 Å². The highest BCUT2D eigenvalue weighted by Crippen LogP contribution is 2.31. The van der Waals surface area contributed by atoms with Crippen molar-refractivity contribution >= 4 is 5.91 Å². The molecule has 0 unspecified atom stereocenters. The van der Waals surface area contributed by atoms with E-state index in [9.17, 15) is 4.79 Å². The molecule has 3 rings (SSSR count). The zero-order valence-corrected chi connectivity index (χ0v) is 11.0. The average Bonchev–Trinajstić information content (AvgIpc) is 2.82. The van der Waals surface area contributed by atoms with Crippen LogP contribution >= 0.6 is 0 Å². The predicted octanol–water partition coefficient (Wildman–Crippen LogP) is 3.41. The summed E-state index contributed by atoms with van der Waals surface area (Å²) in [6.07, 6.45) is 2.05. The highest BCUT2D eigenvalue weighted by atomic mass is 16.1. The third kappa shape index (κ3) is 2.39. The second-order valence-electron chi connectivity index (χ2n) is 5.13. The molecule has 1 aliphatic rings. The minimum atomic E-state index is 0.0138. The van der Waals surface area contributed by atoms with E-state index in [1.165, 1.54) is 16.7 Å². The van der Waals surface area contributed by atoms with Crippen LogP contribution in [0.1, 0.15) is 39.5 Å². The van der Waals surface area contributed by atoms with Crippen molar-refractivity contribution in [1.29, 1.82) is 0 Å². The van der Waals surface area contributed by atoms with Crippen LogP contribution in [0, 0.1) is 6.92 Å². The van der Waals surface area contributed by atoms with E-state index in [-0.39, 0.29) is 11.9 Å². The third-order valence-corrected chi connectivity index (χ3v) is 3.72. The van der Waals surface area contributed by atoms with E-state index in [4.69, 9.17) is 0 Å². The van der Waals surface area contributed by atoms with E-state index in [1.54, 1.807) is 0 Å². The summed E-state index contributed by atoms with van der Waals surface area (Å²) in [7, 11) is 0. The molecule has 0 heterocycles. The first-order valence-corrected chi connectivity index (χ1v) is 6.69. The molecule has 1 amide bonds. The Labute approximate surface area is 113 Å². The van der Waals surface area contributed by atoms with Crippen molar-refractivity contribution in [3.63, 3.8) is 0 Å². The fourth-order valence-corrected chi connectivity index (χ4v) is 2.70. The summed E-state index contributed by atoms with van der Waals surface area (Å²) in [5.41, 5.74) is 4.62. The summed E-state index contributed by atoms with van der Waals surface area (Å²) in [4.78, 5) is 12.2. The fraction of sp³-hybridized carbons (Fsp3) is 0.235. The van der Waals surface area contributed by atoms with Gasteiger partial charge in [0.1, 0.15) is 0 Å². The van der Waals surface area contributed by atoms with Gasteiger partial charge in [-0.3, -0.25) is 4.79 Å². The summed E-state index contributed by atoms with van der Waals surface area (Å²) in [6.45, 7) is 2.09. The molecule has 0 saturated heterocycles. The zero-order valence-electron chi connectivity index (χ0n) is 11.0. The second kappa shape index (κ2) is 4.88. The van der Waals surface area contributed by atoms with E-state index >= 15 is 0 Å². The first-order chi connectivity index (χ1) is 9.24. The Balaban J connectivity index is 1.80. The summed E-state index contributed by atoms with van der Waals surface area (Å²) in [6, 6.07) is 16.1. The number of carbonyl (C=O) groups excluding carboxylic acids is 1. The number of nitrogens with one attached hydrogen (secondary N) is 1. The lowest BCUT2D eigenvalue weighted by atomic mass is 10.0. The van der Waals surface area contributed by atoms with E-state index in [0.717, 1.165) is 18.4 Å². The highest BCUT2D eigenvalue weighted by Gasteiger charge is 2.24. The van der Waals surface area contributed by atoms with Gasteiger partial charge in [0.05, 0.1) is 6.04 Å². The first kappa shape index (κ1) is 12.0. The molecule has 1 N–H and O–H groups in total. The maximum absolute atomic E-state index is 12.2. The van der Waals surface area contributed by atoms with Crippen LogP contribution in [0.4, 0.5) is 0 Å². The zero-order chi connectivity index (χ0) is 13.2. The van der Waals surface area contributed by atoms with Gasteiger partial charge in [0.2, 0.25) is 0 Å². The van der Waals surface area contributed by atoms with Crippen LogP contribution in [-0.2, 0) is 6.42 Å². The number of amides is 1. The van der Waals surface area contributed by atoms with Gasteiger partial charge >= 0.3 is 0 Å². The van der Waals surface area contributed by atoms with Crippen LogP contribution in [0.2, 0.25) is 0 Å². The fourth-order valence-electron chi connectivity index (χ4n) is 2.70. The molecule has 1 atom stereocenters. The quantitative estimate of drug-likeness (QED) is 0.870. The molecule has 2 heteroatoms. The van der Waals surface area contributed by atoms with E-state index in [0.29, 0.717) is 0 Å². The lowest BCUT2D eigenvalue weighted by molar-refractivity contribution is 0.0936. The van der Waals surface area contributed by atoms with E-state index in [2.05, 4.69) is 30.4 Å². The van der Waals surface area contributed by atoms with Gasteiger partial charge in [0, 0.05) is 5.56 Å². The standard InChI is InChI=1S/C17H17NO/c1-12-7-8-13-9-10-16(15(13)11-12)18-17(19)14-5-3-2-4-6-14/h2-8,11,16H,9-10H2,1H3,(H,18,19)/t16-/m1/s1. The van der Waals surface area contributed by atoms with Crippen LogP contribution in [0.3, 0.4) is 0 Å². The molecule has 0 spiro atoms. The largest absolute Gasteiger partial charge is 0.345 e. The lowest BCUT2D eigenvalue weighted by Crippen LogP contribution is -2.27. The molecule has 96 valence electrons. The molecule has 0 aromatic heterocycles. The number of aryl methyl sites for hydroxylation is 2. The Kier molecular flexibility index (Phi) is 3.08. The van der Waals surface area contributed by atoms with Gasteiger partial charge in [-0.1, -0.05) is 42.0 Å². The number of rotatable bonds is 2. The summed E-state index contributed by atoms with van der Waals surface area (Å²) >= 11 is 0. The molecule has 0 bridgehead atoms. The van der Waals surface area contributed by atoms with Crippen LogP contribution < -0.4 is 5.32 Å². The molecular formula is C17H17NO. The van der Waals surface area contributed by atoms with Crippen molar-refractivity contribution in [3.05, 3.63) is 70.8 Å². The molecule has 2 aromatic carbocycles. The van der Waals surface area contributed by atoms with E-state index in [1.807, 2.05) is 30.3 Å². The van der Waals surface area contributed by atoms with Gasteiger partial charge in [0.25, 0.3) is 5.91 Å². The lowest BCUT2D eigenvalue weighted by Gasteiger charge is -2.14. The number of carbonyl (C=O) groups is 1. The third-order valence-electron chi connectivity index (χ3n) is 3.72. The Morgan fingerprint density at radius 3 is 2.74 bits per heavy atom. The molecule has 19 heavy (non-hydrogen) atoms. The van der Waals surface area contributed by atoms with Crippen LogP contribution in [0.15, 0.2) is 48.5 Å². The molecule has 0 saturated carbocycles. The second-order valence-corrected chi connectivity index (χ2v) is 5.13. The highest BCUT2D eigenvalue weighted by molar-refractivity contribution is 5.94. The van der Waals surface area contributed by atoms with Gasteiger partial charge in [0.15, 0.2) is 0 Å². The van der Waals surface area contributed by atoms with Crippen molar-refractivity contribution < 1.29 is 4.79 Å². The summed E-state index contributed by atoms with van der Waals surface area (Å²) in [5, 5.41) is 3.14. The SMILES string of the molecule is Cc1ccc2c(c1)[C@H](NC(=O)c1ccccc1)CC2. The molecular weight excluding hydrogens is 234 g/mol. The Hall–Kier alpha value is -2.09. The first-order valence-electron chi connectivity index (χ1n) is 6.69. The topological polar surface area (TPSA) is 29.1 Å². The van der Waals surface area contributed by atoms with Crippen molar-refractivity contribution in [3.8, 4) is 0 Å². The summed E-state index contributed by atoms with van der Waals surface area (Å²) < 4.78 is 0. The maximum Gasteiger partial charge on any atom is 0.251 e. The molecule has 0 aliphatic heterocycles. The monoisotopic (exact) mass is 251 g/mol. The Morgan fingerprint density at radius 2 is 1.95 bits per heavy atom. The number of hydrogen-bond acceptors (Lipinski definition) is 1.